The highest BCUT2D eigenvalue weighted by atomic mass is 79.9. The predicted molar refractivity (Wildman–Crippen MR) is 76.9 cm³/mol. The van der Waals surface area contributed by atoms with Crippen LogP contribution in [0.2, 0.25) is 0 Å². The van der Waals surface area contributed by atoms with Gasteiger partial charge in [-0.2, -0.15) is 0 Å². The van der Waals surface area contributed by atoms with Crippen molar-refractivity contribution in [2.24, 2.45) is 0 Å². The summed E-state index contributed by atoms with van der Waals surface area (Å²) in [6, 6.07) is 6.49. The summed E-state index contributed by atoms with van der Waals surface area (Å²) in [5.41, 5.74) is 2.10. The summed E-state index contributed by atoms with van der Waals surface area (Å²) in [6.07, 6.45) is 1.29. The Morgan fingerprint density at radius 1 is 1.50 bits per heavy atom. The molecule has 1 aromatic carbocycles. The molecule has 3 nitrogen and oxygen atoms in total. The first kappa shape index (κ1) is 13.8. The molecule has 18 heavy (non-hydrogen) atoms. The van der Waals surface area contributed by atoms with Gasteiger partial charge in [0, 0.05) is 22.3 Å². The summed E-state index contributed by atoms with van der Waals surface area (Å²) in [5.74, 6) is 0. The zero-order valence-corrected chi connectivity index (χ0v) is 12.5. The number of hydrogen-bond donors (Lipinski definition) is 1. The minimum atomic E-state index is 0.0664. The molecule has 4 heteroatoms. The van der Waals surface area contributed by atoms with Gasteiger partial charge in [-0.3, -0.25) is 0 Å². The summed E-state index contributed by atoms with van der Waals surface area (Å²) < 4.78 is 6.72. The van der Waals surface area contributed by atoms with E-state index >= 15 is 0 Å². The van der Waals surface area contributed by atoms with E-state index in [1.807, 2.05) is 12.1 Å². The highest BCUT2D eigenvalue weighted by molar-refractivity contribution is 9.10. The van der Waals surface area contributed by atoms with E-state index < -0.39 is 0 Å². The topological polar surface area (TPSA) is 32.7 Å². The number of ether oxygens (including phenoxy) is 1. The van der Waals surface area contributed by atoms with Crippen LogP contribution in [0.4, 0.5) is 5.69 Å². The van der Waals surface area contributed by atoms with Gasteiger partial charge in [0.05, 0.1) is 25.4 Å². The molecule has 1 saturated heterocycles. The molecule has 100 valence electrons. The molecule has 0 bridgehead atoms. The number of halogens is 1. The van der Waals surface area contributed by atoms with Gasteiger partial charge in [0.15, 0.2) is 0 Å². The van der Waals surface area contributed by atoms with Crippen LogP contribution in [0.5, 0.6) is 0 Å². The van der Waals surface area contributed by atoms with Gasteiger partial charge in [0.1, 0.15) is 0 Å². The van der Waals surface area contributed by atoms with Crippen LogP contribution in [0.1, 0.15) is 25.8 Å². The highest BCUT2D eigenvalue weighted by Crippen LogP contribution is 2.29. The monoisotopic (exact) mass is 313 g/mol. The fourth-order valence-corrected chi connectivity index (χ4v) is 2.85. The third kappa shape index (κ3) is 2.87. The van der Waals surface area contributed by atoms with Crippen molar-refractivity contribution >= 4 is 21.6 Å². The predicted octanol–water partition coefficient (Wildman–Crippen LogP) is 2.95. The molecule has 1 N–H and O–H groups in total. The zero-order chi connectivity index (χ0) is 13.1. The van der Waals surface area contributed by atoms with Crippen molar-refractivity contribution in [2.45, 2.75) is 39.0 Å². The number of hydrogen-bond acceptors (Lipinski definition) is 3. The number of nitrogens with zero attached hydrogens (tertiary/aromatic N) is 1. The fraction of sp³-hybridized carbons (Fsp3) is 0.571. The van der Waals surface area contributed by atoms with Crippen molar-refractivity contribution in [1.29, 1.82) is 0 Å². The van der Waals surface area contributed by atoms with Crippen LogP contribution < -0.4 is 4.90 Å². The first-order valence-corrected chi connectivity index (χ1v) is 7.22. The van der Waals surface area contributed by atoms with Crippen LogP contribution in [-0.2, 0) is 11.3 Å². The van der Waals surface area contributed by atoms with Gasteiger partial charge in [0.2, 0.25) is 0 Å². The maximum absolute atomic E-state index is 9.52. The normalized spacial score (nSPS) is 24.3. The maximum atomic E-state index is 9.52. The van der Waals surface area contributed by atoms with Gasteiger partial charge in [0.25, 0.3) is 0 Å². The zero-order valence-electron chi connectivity index (χ0n) is 10.9. The third-order valence-corrected chi connectivity index (χ3v) is 3.95. The summed E-state index contributed by atoms with van der Waals surface area (Å²) in [6.45, 7) is 5.98. The Labute approximate surface area is 117 Å². The summed E-state index contributed by atoms with van der Waals surface area (Å²) in [7, 11) is 0. The molecule has 0 aromatic heterocycles. The van der Waals surface area contributed by atoms with Crippen molar-refractivity contribution in [3.8, 4) is 0 Å². The second-order valence-electron chi connectivity index (χ2n) is 4.79. The Hall–Kier alpha value is -0.580. The fourth-order valence-electron chi connectivity index (χ4n) is 2.44. The molecule has 2 rings (SSSR count). The highest BCUT2D eigenvalue weighted by Gasteiger charge is 2.27. The van der Waals surface area contributed by atoms with Gasteiger partial charge >= 0.3 is 0 Å². The lowest BCUT2D eigenvalue weighted by Gasteiger charge is -2.40. The molecule has 1 aliphatic heterocycles. The van der Waals surface area contributed by atoms with E-state index in [0.29, 0.717) is 6.04 Å². The Balaban J connectivity index is 2.32. The smallest absolute Gasteiger partial charge is 0.0723 e. The van der Waals surface area contributed by atoms with Crippen molar-refractivity contribution < 1.29 is 9.84 Å². The second kappa shape index (κ2) is 6.04. The first-order valence-electron chi connectivity index (χ1n) is 6.43. The van der Waals surface area contributed by atoms with Gasteiger partial charge in [-0.1, -0.05) is 22.9 Å². The Bertz CT molecular complexity index is 411. The van der Waals surface area contributed by atoms with Crippen LogP contribution in [0.25, 0.3) is 0 Å². The molecule has 2 atom stereocenters. The van der Waals surface area contributed by atoms with Gasteiger partial charge in [-0.25, -0.2) is 0 Å². The lowest BCUT2D eigenvalue weighted by Crippen LogP contribution is -2.49. The molecule has 1 fully saturated rings. The van der Waals surface area contributed by atoms with Crippen molar-refractivity contribution in [2.75, 3.05) is 18.1 Å². The summed E-state index contributed by atoms with van der Waals surface area (Å²) in [5, 5.41) is 9.52. The number of anilines is 1. The third-order valence-electron chi connectivity index (χ3n) is 3.46. The Kier molecular flexibility index (Phi) is 4.65. The Morgan fingerprint density at radius 2 is 2.28 bits per heavy atom. The number of benzene rings is 1. The molecular weight excluding hydrogens is 294 g/mol. The van der Waals surface area contributed by atoms with Crippen LogP contribution >= 0.6 is 15.9 Å². The lowest BCUT2D eigenvalue weighted by molar-refractivity contribution is 0.0298. The molecule has 0 spiro atoms. The van der Waals surface area contributed by atoms with E-state index in [9.17, 15) is 5.11 Å². The maximum Gasteiger partial charge on any atom is 0.0723 e. The largest absolute Gasteiger partial charge is 0.392 e. The summed E-state index contributed by atoms with van der Waals surface area (Å²) in [4.78, 5) is 2.37. The average Bonchev–Trinajstić information content (AvgIpc) is 2.38. The van der Waals surface area contributed by atoms with E-state index in [-0.39, 0.29) is 12.7 Å². The molecule has 2 unspecified atom stereocenters. The van der Waals surface area contributed by atoms with Gasteiger partial charge < -0.3 is 14.7 Å². The molecule has 1 aromatic rings. The molecule has 1 aliphatic rings. The minimum Gasteiger partial charge on any atom is -0.392 e. The lowest BCUT2D eigenvalue weighted by atomic mass is 10.1. The van der Waals surface area contributed by atoms with Crippen LogP contribution in [0, 0.1) is 0 Å². The van der Waals surface area contributed by atoms with Crippen LogP contribution in [-0.4, -0.2) is 30.4 Å². The number of rotatable bonds is 3. The standard InChI is InChI=1S/C14H20BrNO2/c1-3-13-9-18-10(2)7-16(13)14-5-4-12(15)6-11(14)8-17/h4-6,10,13,17H,3,7-9H2,1-2H3. The quantitative estimate of drug-likeness (QED) is 0.931. The van der Waals surface area contributed by atoms with E-state index in [2.05, 4.69) is 40.7 Å². The van der Waals surface area contributed by atoms with E-state index in [1.165, 1.54) is 0 Å². The van der Waals surface area contributed by atoms with E-state index in [1.54, 1.807) is 0 Å². The number of aliphatic hydroxyl groups is 1. The van der Waals surface area contributed by atoms with Crippen molar-refractivity contribution in [3.63, 3.8) is 0 Å². The van der Waals surface area contributed by atoms with Crippen molar-refractivity contribution in [3.05, 3.63) is 28.2 Å². The molecular formula is C14H20BrNO2. The second-order valence-corrected chi connectivity index (χ2v) is 5.71. The SMILES string of the molecule is CCC1COC(C)CN1c1ccc(Br)cc1CO. The molecule has 0 aliphatic carbocycles. The van der Waals surface area contributed by atoms with Gasteiger partial charge in [-0.05, 0) is 31.5 Å². The van der Waals surface area contributed by atoms with E-state index in [0.717, 1.165) is 35.3 Å². The minimum absolute atomic E-state index is 0.0664. The molecule has 0 radical (unpaired) electrons. The molecule has 0 saturated carbocycles. The molecule has 0 amide bonds. The first-order chi connectivity index (χ1) is 8.65. The van der Waals surface area contributed by atoms with Gasteiger partial charge in [-0.15, -0.1) is 0 Å². The summed E-state index contributed by atoms with van der Waals surface area (Å²) >= 11 is 3.45. The van der Waals surface area contributed by atoms with E-state index in [4.69, 9.17) is 4.74 Å². The average molecular weight is 314 g/mol. The molecule has 1 heterocycles. The number of aliphatic hydroxyl groups excluding tert-OH is 1. The van der Waals surface area contributed by atoms with Crippen LogP contribution in [0.3, 0.4) is 0 Å². The number of morpholine rings is 1. The van der Waals surface area contributed by atoms with Crippen molar-refractivity contribution in [1.82, 2.24) is 0 Å². The van der Waals surface area contributed by atoms with Crippen LogP contribution in [0.15, 0.2) is 22.7 Å². The Morgan fingerprint density at radius 3 is 2.94 bits per heavy atom.